The highest BCUT2D eigenvalue weighted by Crippen LogP contribution is 2.51. The lowest BCUT2D eigenvalue weighted by Crippen LogP contribution is -2.54. The average molecular weight is 454 g/mol. The largest absolute Gasteiger partial charge is 0.495 e. The van der Waals surface area contributed by atoms with Crippen molar-refractivity contribution in [2.24, 2.45) is 5.73 Å². The summed E-state index contributed by atoms with van der Waals surface area (Å²) in [4.78, 5) is 16.9. The number of likely N-dealkylation sites (tertiary alicyclic amines) is 1. The second kappa shape index (κ2) is 9.14. The molecule has 2 fully saturated rings. The summed E-state index contributed by atoms with van der Waals surface area (Å²) >= 11 is 0. The number of nitrogens with zero attached hydrogens (tertiary/aromatic N) is 2. The molecule has 178 valence electrons. The highest BCUT2D eigenvalue weighted by molar-refractivity contribution is 5.93. The highest BCUT2D eigenvalue weighted by Gasteiger charge is 2.52. The monoisotopic (exact) mass is 453 g/mol. The maximum atomic E-state index is 12.7. The third-order valence-corrected chi connectivity index (χ3v) is 7.65. The first-order chi connectivity index (χ1) is 15.8. The molecule has 1 saturated heterocycles. The Morgan fingerprint density at radius 1 is 1.03 bits per heavy atom. The molecule has 2 aliphatic rings. The van der Waals surface area contributed by atoms with Crippen molar-refractivity contribution < 1.29 is 19.0 Å². The Labute approximate surface area is 196 Å². The van der Waals surface area contributed by atoms with E-state index in [1.165, 1.54) is 5.56 Å². The van der Waals surface area contributed by atoms with Crippen LogP contribution in [0.1, 0.15) is 36.8 Å². The number of carbonyl (C=O) groups excluding carboxylic acids is 1. The molecular formula is C26H35N3O4. The molecule has 7 nitrogen and oxygen atoms in total. The van der Waals surface area contributed by atoms with Crippen molar-refractivity contribution in [1.82, 2.24) is 4.90 Å². The zero-order chi connectivity index (χ0) is 23.8. The number of fused-ring (bicyclic) bond motifs is 1. The average Bonchev–Trinajstić information content (AvgIpc) is 3.16. The van der Waals surface area contributed by atoms with Gasteiger partial charge in [0.15, 0.2) is 11.5 Å². The van der Waals surface area contributed by atoms with Gasteiger partial charge in [-0.15, -0.1) is 0 Å². The summed E-state index contributed by atoms with van der Waals surface area (Å²) in [6, 6.07) is 12.0. The van der Waals surface area contributed by atoms with Crippen molar-refractivity contribution in [1.29, 1.82) is 0 Å². The van der Waals surface area contributed by atoms with E-state index in [-0.39, 0.29) is 17.5 Å². The molecule has 33 heavy (non-hydrogen) atoms. The van der Waals surface area contributed by atoms with Crippen LogP contribution >= 0.6 is 0 Å². The van der Waals surface area contributed by atoms with Gasteiger partial charge in [0.25, 0.3) is 0 Å². The van der Waals surface area contributed by atoms with Gasteiger partial charge in [-0.3, -0.25) is 4.90 Å². The smallest absolute Gasteiger partial charge is 0.319 e. The van der Waals surface area contributed by atoms with E-state index in [1.807, 2.05) is 31.2 Å². The zero-order valence-corrected chi connectivity index (χ0v) is 20.3. The van der Waals surface area contributed by atoms with Crippen LogP contribution in [-0.4, -0.2) is 57.9 Å². The Kier molecular flexibility index (Phi) is 6.43. The Bertz CT molecular complexity index is 1030. The van der Waals surface area contributed by atoms with Crippen molar-refractivity contribution in [2.45, 2.75) is 50.1 Å². The Balaban J connectivity index is 1.70. The molecule has 2 aromatic carbocycles. The predicted octanol–water partition coefficient (Wildman–Crippen LogP) is 4.10. The summed E-state index contributed by atoms with van der Waals surface area (Å²) in [6.07, 6.45) is 3.73. The van der Waals surface area contributed by atoms with Crippen LogP contribution in [0.25, 0.3) is 0 Å². The maximum Gasteiger partial charge on any atom is 0.319 e. The molecular weight excluding hydrogens is 418 g/mol. The lowest BCUT2D eigenvalue weighted by atomic mass is 9.64. The minimum atomic E-state index is -0.442. The fourth-order valence-electron chi connectivity index (χ4n) is 5.96. The van der Waals surface area contributed by atoms with Gasteiger partial charge in [0.05, 0.1) is 27.0 Å². The van der Waals surface area contributed by atoms with Gasteiger partial charge in [0.2, 0.25) is 0 Å². The molecule has 1 aliphatic carbocycles. The minimum Gasteiger partial charge on any atom is -0.495 e. The molecule has 0 unspecified atom stereocenters. The molecule has 2 aromatic rings. The lowest BCUT2D eigenvalue weighted by Gasteiger charge is -2.47. The molecule has 0 radical (unpaired) electrons. The molecule has 0 aromatic heterocycles. The molecule has 2 amide bonds. The molecule has 1 saturated carbocycles. The normalized spacial score (nSPS) is 24.8. The number of primary amides is 1. The Morgan fingerprint density at radius 3 is 2.39 bits per heavy atom. The van der Waals surface area contributed by atoms with Crippen molar-refractivity contribution in [3.63, 3.8) is 0 Å². The summed E-state index contributed by atoms with van der Waals surface area (Å²) in [6.45, 7) is 3.02. The van der Waals surface area contributed by atoms with Crippen molar-refractivity contribution >= 4 is 11.7 Å². The first kappa shape index (κ1) is 23.2. The first-order valence-electron chi connectivity index (χ1n) is 11.5. The number of ether oxygens (including phenoxy) is 3. The van der Waals surface area contributed by atoms with Crippen molar-refractivity contribution in [2.75, 3.05) is 39.8 Å². The standard InChI is InChI=1S/C26H35N3O4/c1-17-6-8-21(31-3)20(14-17)29(25(27)30)19-10-11-26(12-13-28(2)24(26)16-19)18-7-9-22(32-4)23(15-18)33-5/h6-9,14-15,19,24H,10-13,16H2,1-5H3,(H2,27,30)/t19-,24+,26+/m1/s1. The van der Waals surface area contributed by atoms with Crippen molar-refractivity contribution in [3.8, 4) is 17.2 Å². The number of rotatable bonds is 6. The van der Waals surface area contributed by atoms with Gasteiger partial charge in [-0.05, 0) is 81.6 Å². The first-order valence-corrected chi connectivity index (χ1v) is 11.5. The summed E-state index contributed by atoms with van der Waals surface area (Å²) in [5, 5.41) is 0. The van der Waals surface area contributed by atoms with E-state index in [4.69, 9.17) is 19.9 Å². The van der Waals surface area contributed by atoms with Gasteiger partial charge in [-0.2, -0.15) is 0 Å². The van der Waals surface area contributed by atoms with Crippen LogP contribution in [0.5, 0.6) is 17.2 Å². The number of benzene rings is 2. The molecule has 0 bridgehead atoms. The fraction of sp³-hybridized carbons (Fsp3) is 0.500. The second-order valence-electron chi connectivity index (χ2n) is 9.28. The number of anilines is 1. The number of urea groups is 1. The van der Waals surface area contributed by atoms with Crippen LogP contribution in [0.15, 0.2) is 36.4 Å². The molecule has 2 N–H and O–H groups in total. The topological polar surface area (TPSA) is 77.3 Å². The van der Waals surface area contributed by atoms with Crippen LogP contribution in [0, 0.1) is 6.92 Å². The van der Waals surface area contributed by atoms with Gasteiger partial charge in [0, 0.05) is 17.5 Å². The third kappa shape index (κ3) is 3.99. The zero-order valence-electron chi connectivity index (χ0n) is 20.3. The Hall–Kier alpha value is -2.93. The van der Waals surface area contributed by atoms with Gasteiger partial charge in [0.1, 0.15) is 5.75 Å². The van der Waals surface area contributed by atoms with E-state index in [9.17, 15) is 4.79 Å². The summed E-state index contributed by atoms with van der Waals surface area (Å²) in [5.41, 5.74) is 9.03. The van der Waals surface area contributed by atoms with E-state index in [0.29, 0.717) is 5.75 Å². The number of amides is 2. The third-order valence-electron chi connectivity index (χ3n) is 7.65. The van der Waals surface area contributed by atoms with E-state index in [1.54, 1.807) is 26.2 Å². The summed E-state index contributed by atoms with van der Waals surface area (Å²) in [5.74, 6) is 2.15. The summed E-state index contributed by atoms with van der Waals surface area (Å²) in [7, 11) is 7.14. The number of methoxy groups -OCH3 is 3. The molecule has 7 heteroatoms. The fourth-order valence-corrected chi connectivity index (χ4v) is 5.96. The van der Waals surface area contributed by atoms with E-state index in [0.717, 1.165) is 55.0 Å². The van der Waals surface area contributed by atoms with E-state index >= 15 is 0 Å². The van der Waals surface area contributed by atoms with Crippen LogP contribution in [0.2, 0.25) is 0 Å². The number of likely N-dealkylation sites (N-methyl/N-ethyl adjacent to an activating group) is 1. The van der Waals surface area contributed by atoms with Gasteiger partial charge in [-0.1, -0.05) is 12.1 Å². The predicted molar refractivity (Wildman–Crippen MR) is 130 cm³/mol. The molecule has 4 rings (SSSR count). The van der Waals surface area contributed by atoms with E-state index in [2.05, 4.69) is 24.1 Å². The molecule has 1 aliphatic heterocycles. The lowest BCUT2D eigenvalue weighted by molar-refractivity contribution is 0.163. The van der Waals surface area contributed by atoms with Crippen LogP contribution in [0.3, 0.4) is 0 Å². The number of aryl methyl sites for hydroxylation is 1. The highest BCUT2D eigenvalue weighted by atomic mass is 16.5. The molecule has 1 heterocycles. The summed E-state index contributed by atoms with van der Waals surface area (Å²) < 4.78 is 16.6. The number of nitrogens with two attached hydrogens (primary N) is 1. The van der Waals surface area contributed by atoms with E-state index < -0.39 is 6.03 Å². The quantitative estimate of drug-likeness (QED) is 0.713. The van der Waals surface area contributed by atoms with Gasteiger partial charge in [-0.25, -0.2) is 4.79 Å². The Morgan fingerprint density at radius 2 is 1.73 bits per heavy atom. The number of hydrogen-bond acceptors (Lipinski definition) is 5. The van der Waals surface area contributed by atoms with Crippen LogP contribution < -0.4 is 24.8 Å². The number of carbonyl (C=O) groups is 1. The van der Waals surface area contributed by atoms with Crippen LogP contribution in [0.4, 0.5) is 10.5 Å². The number of hydrogen-bond donors (Lipinski definition) is 1. The maximum absolute atomic E-state index is 12.7. The van der Waals surface area contributed by atoms with Gasteiger partial charge < -0.3 is 24.8 Å². The molecule has 0 spiro atoms. The SMILES string of the molecule is COc1ccc([C@@]23CC[C@@H](N(C(N)=O)c4cc(C)ccc4OC)C[C@@H]2N(C)CC3)cc1OC. The van der Waals surface area contributed by atoms with Gasteiger partial charge >= 0.3 is 6.03 Å². The van der Waals surface area contributed by atoms with Crippen molar-refractivity contribution in [3.05, 3.63) is 47.5 Å². The second-order valence-corrected chi connectivity index (χ2v) is 9.28. The minimum absolute atomic E-state index is 0.00276. The molecule has 3 atom stereocenters. The van der Waals surface area contributed by atoms with Crippen LogP contribution in [-0.2, 0) is 5.41 Å².